The van der Waals surface area contributed by atoms with Gasteiger partial charge in [-0.3, -0.25) is 4.79 Å². The number of nitrogens with one attached hydrogen (secondary N) is 1. The molecule has 1 aliphatic heterocycles. The maximum Gasteiger partial charge on any atom is 0.244 e. The second-order valence-electron chi connectivity index (χ2n) is 4.78. The molecule has 1 heterocycles. The molecule has 1 amide bonds. The summed E-state index contributed by atoms with van der Waals surface area (Å²) in [5.74, 6) is 1.59. The molecule has 13 heavy (non-hydrogen) atoms. The Balaban J connectivity index is 1.97. The lowest BCUT2D eigenvalue weighted by Gasteiger charge is -2.53. The van der Waals surface area contributed by atoms with E-state index in [4.69, 9.17) is 0 Å². The summed E-state index contributed by atoms with van der Waals surface area (Å²) in [5.41, 5.74) is 1.51. The summed E-state index contributed by atoms with van der Waals surface area (Å²) >= 11 is 0. The van der Waals surface area contributed by atoms with Crippen LogP contribution in [-0.4, -0.2) is 11.4 Å². The summed E-state index contributed by atoms with van der Waals surface area (Å²) in [5, 5.41) is 3.21. The summed E-state index contributed by atoms with van der Waals surface area (Å²) in [6.45, 7) is 2.11. The molecule has 3 aliphatic rings. The average Bonchev–Trinajstić information content (AvgIpc) is 2.77. The van der Waals surface area contributed by atoms with E-state index in [2.05, 4.69) is 12.2 Å². The van der Waals surface area contributed by atoms with Crippen LogP contribution in [0.15, 0.2) is 11.6 Å². The number of amides is 1. The highest BCUT2D eigenvalue weighted by molar-refractivity contribution is 5.90. The van der Waals surface area contributed by atoms with E-state index < -0.39 is 0 Å². The molecule has 0 radical (unpaired) electrons. The lowest BCUT2D eigenvalue weighted by atomic mass is 9.59. The number of carbonyl (C=O) groups excluding carboxylic acids is 1. The van der Waals surface area contributed by atoms with Crippen molar-refractivity contribution in [2.75, 3.05) is 0 Å². The zero-order valence-corrected chi connectivity index (χ0v) is 7.97. The molecule has 0 saturated heterocycles. The van der Waals surface area contributed by atoms with Crippen molar-refractivity contribution in [1.29, 1.82) is 0 Å². The van der Waals surface area contributed by atoms with Gasteiger partial charge in [0.1, 0.15) is 0 Å². The fourth-order valence-corrected chi connectivity index (χ4v) is 3.15. The van der Waals surface area contributed by atoms with Crippen molar-refractivity contribution in [3.05, 3.63) is 11.6 Å². The van der Waals surface area contributed by atoms with Crippen LogP contribution in [0, 0.1) is 11.8 Å². The van der Waals surface area contributed by atoms with Crippen LogP contribution < -0.4 is 5.32 Å². The van der Waals surface area contributed by atoms with Crippen molar-refractivity contribution in [2.24, 2.45) is 11.8 Å². The van der Waals surface area contributed by atoms with Gasteiger partial charge in [-0.05, 0) is 38.5 Å². The van der Waals surface area contributed by atoms with Crippen molar-refractivity contribution in [3.8, 4) is 0 Å². The zero-order valence-electron chi connectivity index (χ0n) is 7.97. The standard InChI is InChI=1S/C11H15NO/c1-7-6-10(13)12-11(8-2-3-8)5-4-9(7)11/h6,8-9H,2-5H2,1H3,(H,12,13)/t9-,11+/m0/s1. The fraction of sp³-hybridized carbons (Fsp3) is 0.727. The first-order chi connectivity index (χ1) is 6.22. The Labute approximate surface area is 78.4 Å². The first-order valence-electron chi connectivity index (χ1n) is 5.23. The maximum absolute atomic E-state index is 11.4. The Bertz CT molecular complexity index is 303. The smallest absolute Gasteiger partial charge is 0.244 e. The molecule has 0 spiro atoms. The first kappa shape index (κ1) is 7.60. The first-order valence-corrected chi connectivity index (χ1v) is 5.23. The largest absolute Gasteiger partial charge is 0.346 e. The zero-order chi connectivity index (χ0) is 9.05. The Morgan fingerprint density at radius 2 is 2.23 bits per heavy atom. The van der Waals surface area contributed by atoms with Crippen molar-refractivity contribution in [1.82, 2.24) is 5.32 Å². The van der Waals surface area contributed by atoms with Crippen molar-refractivity contribution in [3.63, 3.8) is 0 Å². The van der Waals surface area contributed by atoms with Crippen LogP contribution in [0.1, 0.15) is 32.6 Å². The quantitative estimate of drug-likeness (QED) is 0.648. The molecule has 2 nitrogen and oxygen atoms in total. The van der Waals surface area contributed by atoms with Crippen LogP contribution in [0.4, 0.5) is 0 Å². The third-order valence-electron chi connectivity index (χ3n) is 4.04. The third kappa shape index (κ3) is 0.862. The van der Waals surface area contributed by atoms with Gasteiger partial charge in [-0.15, -0.1) is 0 Å². The lowest BCUT2D eigenvalue weighted by molar-refractivity contribution is -0.122. The Morgan fingerprint density at radius 1 is 1.46 bits per heavy atom. The van der Waals surface area contributed by atoms with Crippen molar-refractivity contribution < 1.29 is 4.79 Å². The fourth-order valence-electron chi connectivity index (χ4n) is 3.15. The van der Waals surface area contributed by atoms with E-state index >= 15 is 0 Å². The average molecular weight is 177 g/mol. The van der Waals surface area contributed by atoms with Gasteiger partial charge in [0.2, 0.25) is 5.91 Å². The predicted octanol–water partition coefficient (Wildman–Crippen LogP) is 1.62. The van der Waals surface area contributed by atoms with Crippen molar-refractivity contribution in [2.45, 2.75) is 38.1 Å². The van der Waals surface area contributed by atoms with Crippen LogP contribution in [0.25, 0.3) is 0 Å². The number of hydrogen-bond acceptors (Lipinski definition) is 1. The van der Waals surface area contributed by atoms with Crippen LogP contribution in [0.5, 0.6) is 0 Å². The van der Waals surface area contributed by atoms with Gasteiger partial charge in [0, 0.05) is 17.5 Å². The molecule has 0 aromatic heterocycles. The normalized spacial score (nSPS) is 43.0. The molecule has 0 unspecified atom stereocenters. The van der Waals surface area contributed by atoms with Crippen LogP contribution >= 0.6 is 0 Å². The molecule has 2 saturated carbocycles. The molecule has 2 aliphatic carbocycles. The van der Waals surface area contributed by atoms with Gasteiger partial charge in [-0.25, -0.2) is 0 Å². The summed E-state index contributed by atoms with van der Waals surface area (Å²) in [6.07, 6.45) is 6.91. The molecule has 2 heteroatoms. The number of hydrogen-bond donors (Lipinski definition) is 1. The Kier molecular flexibility index (Phi) is 1.27. The molecule has 0 bridgehead atoms. The van der Waals surface area contributed by atoms with Crippen molar-refractivity contribution >= 4 is 5.91 Å². The highest BCUT2D eigenvalue weighted by atomic mass is 16.1. The Morgan fingerprint density at radius 3 is 2.77 bits per heavy atom. The van der Waals surface area contributed by atoms with E-state index in [1.165, 1.54) is 31.3 Å². The third-order valence-corrected chi connectivity index (χ3v) is 4.04. The van der Waals surface area contributed by atoms with Crippen LogP contribution in [0.2, 0.25) is 0 Å². The van der Waals surface area contributed by atoms with Crippen LogP contribution in [0.3, 0.4) is 0 Å². The highest BCUT2D eigenvalue weighted by Crippen LogP contribution is 2.56. The number of rotatable bonds is 1. The monoisotopic (exact) mass is 177 g/mol. The molecule has 3 rings (SSSR count). The van der Waals surface area contributed by atoms with E-state index in [1.54, 1.807) is 6.08 Å². The summed E-state index contributed by atoms with van der Waals surface area (Å²) in [4.78, 5) is 11.4. The minimum atomic E-state index is 0.139. The van der Waals surface area contributed by atoms with E-state index in [-0.39, 0.29) is 11.4 Å². The summed E-state index contributed by atoms with van der Waals surface area (Å²) < 4.78 is 0. The predicted molar refractivity (Wildman–Crippen MR) is 50.1 cm³/mol. The van der Waals surface area contributed by atoms with Crippen LogP contribution in [-0.2, 0) is 4.79 Å². The second kappa shape index (κ2) is 2.17. The number of carbonyl (C=O) groups is 1. The second-order valence-corrected chi connectivity index (χ2v) is 4.78. The maximum atomic E-state index is 11.4. The minimum Gasteiger partial charge on any atom is -0.346 e. The molecular formula is C11H15NO. The topological polar surface area (TPSA) is 29.1 Å². The van der Waals surface area contributed by atoms with Gasteiger partial charge in [0.05, 0.1) is 0 Å². The van der Waals surface area contributed by atoms with E-state index in [0.717, 1.165) is 5.92 Å². The highest BCUT2D eigenvalue weighted by Gasteiger charge is 2.58. The molecule has 1 N–H and O–H groups in total. The lowest BCUT2D eigenvalue weighted by Crippen LogP contribution is -2.63. The van der Waals surface area contributed by atoms with Gasteiger partial charge in [-0.2, -0.15) is 0 Å². The van der Waals surface area contributed by atoms with E-state index in [1.807, 2.05) is 0 Å². The summed E-state index contributed by atoms with van der Waals surface area (Å²) in [6, 6.07) is 0. The Hall–Kier alpha value is -0.790. The SMILES string of the molecule is CC1=CC(=O)N[C@@]2(C3CC3)CC[C@@H]12. The van der Waals surface area contributed by atoms with Gasteiger partial charge in [0.25, 0.3) is 0 Å². The van der Waals surface area contributed by atoms with E-state index in [0.29, 0.717) is 5.92 Å². The number of fused-ring (bicyclic) bond motifs is 1. The molecule has 70 valence electrons. The van der Waals surface area contributed by atoms with Gasteiger partial charge < -0.3 is 5.32 Å². The van der Waals surface area contributed by atoms with Gasteiger partial charge in [-0.1, -0.05) is 5.57 Å². The molecular weight excluding hydrogens is 162 g/mol. The summed E-state index contributed by atoms with van der Waals surface area (Å²) in [7, 11) is 0. The van der Waals surface area contributed by atoms with Gasteiger partial charge in [0.15, 0.2) is 0 Å². The van der Waals surface area contributed by atoms with E-state index in [9.17, 15) is 4.79 Å². The molecule has 0 aromatic rings. The molecule has 2 fully saturated rings. The van der Waals surface area contributed by atoms with Gasteiger partial charge >= 0.3 is 0 Å². The minimum absolute atomic E-state index is 0.139. The molecule has 0 aromatic carbocycles. The molecule has 2 atom stereocenters.